The summed E-state index contributed by atoms with van der Waals surface area (Å²) in [6.07, 6.45) is 1.10. The highest BCUT2D eigenvalue weighted by Crippen LogP contribution is 2.40. The van der Waals surface area contributed by atoms with Gasteiger partial charge in [0.1, 0.15) is 0 Å². The lowest BCUT2D eigenvalue weighted by molar-refractivity contribution is -0.123. The fraction of sp³-hybridized carbons (Fsp3) is 0.161. The molecule has 35 heavy (non-hydrogen) atoms. The number of Topliss-reactive ketones (excluding diaryl/α,β-unsaturated/α-hetero) is 2. The van der Waals surface area contributed by atoms with Crippen molar-refractivity contribution < 1.29 is 9.59 Å². The van der Waals surface area contributed by atoms with Gasteiger partial charge in [0.25, 0.3) is 0 Å². The molecule has 0 spiro atoms. The van der Waals surface area contributed by atoms with Gasteiger partial charge in [-0.2, -0.15) is 0 Å². The Morgan fingerprint density at radius 3 is 1.74 bits per heavy atom. The third kappa shape index (κ3) is 4.96. The molecule has 1 aliphatic carbocycles. The monoisotopic (exact) mass is 500 g/mol. The van der Waals surface area contributed by atoms with Gasteiger partial charge in [0, 0.05) is 22.1 Å². The second kappa shape index (κ2) is 10.6. The van der Waals surface area contributed by atoms with Crippen molar-refractivity contribution >= 4 is 34.8 Å². The highest BCUT2D eigenvalue weighted by atomic mass is 35.5. The minimum Gasteiger partial charge on any atom is -0.297 e. The third-order valence-electron chi connectivity index (χ3n) is 6.16. The average Bonchev–Trinajstić information content (AvgIpc) is 3.27. The Balaban J connectivity index is 0.000000186. The van der Waals surface area contributed by atoms with Gasteiger partial charge < -0.3 is 0 Å². The molecule has 5 rings (SSSR count). The smallest absolute Gasteiger partial charge is 0.195 e. The van der Waals surface area contributed by atoms with Crippen LogP contribution in [-0.2, 0) is 16.1 Å². The SMILES string of the molecule is CC(C)C(=O)C(Cl)(C(=O)c1ccccc1)c1ccccc1Cl.c1ccc2c(c1)Cc1ccccc1-2. The van der Waals surface area contributed by atoms with E-state index in [1.165, 1.54) is 22.3 Å². The van der Waals surface area contributed by atoms with Crippen LogP contribution in [0.1, 0.15) is 40.9 Å². The van der Waals surface area contributed by atoms with E-state index >= 15 is 0 Å². The molecule has 4 aromatic carbocycles. The fourth-order valence-corrected chi connectivity index (χ4v) is 5.19. The largest absolute Gasteiger partial charge is 0.297 e. The van der Waals surface area contributed by atoms with E-state index in [-0.39, 0.29) is 5.78 Å². The Bertz CT molecular complexity index is 1320. The molecule has 2 nitrogen and oxygen atoms in total. The van der Waals surface area contributed by atoms with Crippen LogP contribution in [0.25, 0.3) is 11.1 Å². The Kier molecular flexibility index (Phi) is 7.54. The van der Waals surface area contributed by atoms with E-state index in [0.29, 0.717) is 16.1 Å². The molecule has 0 aliphatic heterocycles. The molecule has 0 fully saturated rings. The number of carbonyl (C=O) groups is 2. The van der Waals surface area contributed by atoms with Crippen LogP contribution in [0.15, 0.2) is 103 Å². The minimum absolute atomic E-state index is 0.302. The maximum Gasteiger partial charge on any atom is 0.195 e. The zero-order chi connectivity index (χ0) is 25.0. The van der Waals surface area contributed by atoms with Crippen molar-refractivity contribution in [1.82, 2.24) is 0 Å². The van der Waals surface area contributed by atoms with Gasteiger partial charge in [-0.25, -0.2) is 0 Å². The van der Waals surface area contributed by atoms with Crippen LogP contribution in [0.5, 0.6) is 0 Å². The summed E-state index contributed by atoms with van der Waals surface area (Å²) in [6.45, 7) is 3.43. The molecule has 4 aromatic rings. The summed E-state index contributed by atoms with van der Waals surface area (Å²) in [6, 6.07) is 32.6. The maximum absolute atomic E-state index is 13.0. The summed E-state index contributed by atoms with van der Waals surface area (Å²) in [5.41, 5.74) is 6.46. The summed E-state index contributed by atoms with van der Waals surface area (Å²) in [5, 5.41) is 0.302. The first-order valence-electron chi connectivity index (χ1n) is 11.6. The second-order valence-electron chi connectivity index (χ2n) is 8.84. The van der Waals surface area contributed by atoms with Crippen molar-refractivity contribution in [3.63, 3.8) is 0 Å². The number of carbonyl (C=O) groups excluding carboxylic acids is 2. The van der Waals surface area contributed by atoms with Crippen LogP contribution in [0.4, 0.5) is 0 Å². The number of benzene rings is 4. The summed E-state index contributed by atoms with van der Waals surface area (Å²) in [4.78, 5) is 23.9. The predicted molar refractivity (Wildman–Crippen MR) is 144 cm³/mol. The molecule has 0 saturated carbocycles. The summed E-state index contributed by atoms with van der Waals surface area (Å²) in [5.74, 6) is -1.22. The van der Waals surface area contributed by atoms with Gasteiger partial charge >= 0.3 is 0 Å². The Labute approximate surface area is 216 Å². The molecule has 0 aromatic heterocycles. The first kappa shape index (κ1) is 24.9. The Morgan fingerprint density at radius 1 is 0.714 bits per heavy atom. The van der Waals surface area contributed by atoms with Crippen LogP contribution in [0.2, 0.25) is 5.02 Å². The fourth-order valence-electron chi connectivity index (χ4n) is 4.37. The highest BCUT2D eigenvalue weighted by molar-refractivity contribution is 6.50. The number of fused-ring (bicyclic) bond motifs is 3. The zero-order valence-corrected chi connectivity index (χ0v) is 21.2. The summed E-state index contributed by atoms with van der Waals surface area (Å²) >= 11 is 12.8. The van der Waals surface area contributed by atoms with E-state index in [1.807, 2.05) is 0 Å². The topological polar surface area (TPSA) is 34.1 Å². The predicted octanol–water partition coefficient (Wildman–Crippen LogP) is 8.14. The van der Waals surface area contributed by atoms with Crippen molar-refractivity contribution in [2.45, 2.75) is 25.1 Å². The molecular formula is C31H26Cl2O2. The van der Waals surface area contributed by atoms with Gasteiger partial charge in [0.2, 0.25) is 0 Å². The van der Waals surface area contributed by atoms with Gasteiger partial charge in [0.15, 0.2) is 16.4 Å². The average molecular weight is 501 g/mol. The van der Waals surface area contributed by atoms with E-state index < -0.39 is 16.6 Å². The molecule has 1 unspecified atom stereocenters. The van der Waals surface area contributed by atoms with Crippen LogP contribution >= 0.6 is 23.2 Å². The Morgan fingerprint density at radius 2 is 1.20 bits per heavy atom. The number of ketones is 2. The number of halogens is 2. The van der Waals surface area contributed by atoms with Crippen molar-refractivity contribution in [3.05, 3.63) is 130 Å². The van der Waals surface area contributed by atoms with Gasteiger partial charge in [-0.3, -0.25) is 9.59 Å². The lowest BCUT2D eigenvalue weighted by atomic mass is 9.82. The number of hydrogen-bond donors (Lipinski definition) is 0. The molecule has 0 bridgehead atoms. The van der Waals surface area contributed by atoms with E-state index in [2.05, 4.69) is 48.5 Å². The first-order chi connectivity index (χ1) is 16.8. The second-order valence-corrected chi connectivity index (χ2v) is 9.82. The quantitative estimate of drug-likeness (QED) is 0.138. The van der Waals surface area contributed by atoms with Crippen molar-refractivity contribution in [2.75, 3.05) is 0 Å². The van der Waals surface area contributed by atoms with E-state index in [0.717, 1.165) is 6.42 Å². The highest BCUT2D eigenvalue weighted by Gasteiger charge is 2.47. The molecular weight excluding hydrogens is 475 g/mol. The summed E-state index contributed by atoms with van der Waals surface area (Å²) < 4.78 is 0. The third-order valence-corrected chi connectivity index (χ3v) is 7.05. The molecule has 176 valence electrons. The first-order valence-corrected chi connectivity index (χ1v) is 12.3. The summed E-state index contributed by atoms with van der Waals surface area (Å²) in [7, 11) is 0. The maximum atomic E-state index is 13.0. The van der Waals surface area contributed by atoms with Crippen LogP contribution in [-0.4, -0.2) is 11.6 Å². The molecule has 0 amide bonds. The van der Waals surface area contributed by atoms with E-state index in [1.54, 1.807) is 68.4 Å². The Hall–Kier alpha value is -3.20. The van der Waals surface area contributed by atoms with Gasteiger partial charge in [-0.1, -0.05) is 134 Å². The van der Waals surface area contributed by atoms with Crippen LogP contribution in [0.3, 0.4) is 0 Å². The molecule has 1 atom stereocenters. The molecule has 0 heterocycles. The number of hydrogen-bond acceptors (Lipinski definition) is 2. The molecule has 1 aliphatic rings. The molecule has 0 N–H and O–H groups in total. The normalized spacial score (nSPS) is 13.2. The molecule has 0 saturated heterocycles. The van der Waals surface area contributed by atoms with Crippen molar-refractivity contribution in [3.8, 4) is 11.1 Å². The lowest BCUT2D eigenvalue weighted by Gasteiger charge is -2.27. The lowest BCUT2D eigenvalue weighted by Crippen LogP contribution is -2.41. The number of rotatable bonds is 5. The van der Waals surface area contributed by atoms with Crippen LogP contribution < -0.4 is 0 Å². The van der Waals surface area contributed by atoms with Crippen molar-refractivity contribution in [2.24, 2.45) is 5.92 Å². The van der Waals surface area contributed by atoms with Gasteiger partial charge in [-0.15, -0.1) is 0 Å². The standard InChI is InChI=1S/C18H16Cl2O2.C13H10/c1-12(2)16(21)18(20,14-10-6-7-11-15(14)19)17(22)13-8-4-3-5-9-13;1-3-7-12-10(5-1)9-11-6-2-4-8-13(11)12/h3-12H,1-2H3;1-8H,9H2. The van der Waals surface area contributed by atoms with E-state index in [4.69, 9.17) is 23.2 Å². The van der Waals surface area contributed by atoms with E-state index in [9.17, 15) is 9.59 Å². The zero-order valence-electron chi connectivity index (χ0n) is 19.7. The van der Waals surface area contributed by atoms with Crippen LogP contribution in [0, 0.1) is 5.92 Å². The van der Waals surface area contributed by atoms with Gasteiger partial charge in [-0.05, 0) is 34.7 Å². The van der Waals surface area contributed by atoms with Gasteiger partial charge in [0.05, 0.1) is 0 Å². The number of alkyl halides is 1. The molecule has 0 radical (unpaired) electrons. The minimum atomic E-state index is -1.81. The molecule has 4 heteroatoms. The van der Waals surface area contributed by atoms with Crippen molar-refractivity contribution in [1.29, 1.82) is 0 Å².